The van der Waals surface area contributed by atoms with Gasteiger partial charge in [0.25, 0.3) is 0 Å². The van der Waals surface area contributed by atoms with E-state index in [1.54, 1.807) is 0 Å². The lowest BCUT2D eigenvalue weighted by atomic mass is 10.0. The van der Waals surface area contributed by atoms with Crippen LogP contribution in [0.25, 0.3) is 0 Å². The van der Waals surface area contributed by atoms with Crippen LogP contribution in [0.3, 0.4) is 0 Å². The maximum Gasteiger partial charge on any atom is 0.0536 e. The largest absolute Gasteiger partial charge is 0.311 e. The van der Waals surface area contributed by atoms with Gasteiger partial charge >= 0.3 is 0 Å². The molecule has 0 amide bonds. The van der Waals surface area contributed by atoms with E-state index in [4.69, 9.17) is 0 Å². The number of rotatable bonds is 6. The Balaban J connectivity index is 1.56. The molecule has 1 aliphatic carbocycles. The minimum Gasteiger partial charge on any atom is -0.311 e. The Hall–Kier alpha value is -0.870. The van der Waals surface area contributed by atoms with Gasteiger partial charge in [-0.25, -0.2) is 0 Å². The number of nitrogens with one attached hydrogen (secondary N) is 1. The van der Waals surface area contributed by atoms with E-state index in [0.717, 1.165) is 31.1 Å². The summed E-state index contributed by atoms with van der Waals surface area (Å²) in [6, 6.07) is 3.47. The van der Waals surface area contributed by atoms with Crippen LogP contribution in [0.2, 0.25) is 0 Å². The normalized spacial score (nSPS) is 28.7. The first-order valence-electron chi connectivity index (χ1n) is 7.81. The van der Waals surface area contributed by atoms with Gasteiger partial charge in [0, 0.05) is 44.1 Å². The quantitative estimate of drug-likeness (QED) is 0.847. The van der Waals surface area contributed by atoms with E-state index in [1.807, 2.05) is 12.3 Å². The molecule has 3 rings (SSSR count). The van der Waals surface area contributed by atoms with Crippen molar-refractivity contribution in [3.05, 3.63) is 18.5 Å². The summed E-state index contributed by atoms with van der Waals surface area (Å²) in [7, 11) is 0. The molecule has 1 aromatic rings. The molecular weight excluding hydrogens is 236 g/mol. The zero-order chi connectivity index (χ0) is 13.1. The highest BCUT2D eigenvalue weighted by molar-refractivity contribution is 4.94. The van der Waals surface area contributed by atoms with Gasteiger partial charge in [-0.1, -0.05) is 13.3 Å². The van der Waals surface area contributed by atoms with Crippen LogP contribution in [0.5, 0.6) is 0 Å². The van der Waals surface area contributed by atoms with Crippen LogP contribution in [-0.2, 0) is 6.54 Å². The van der Waals surface area contributed by atoms with Crippen molar-refractivity contribution in [2.75, 3.05) is 19.6 Å². The average Bonchev–Trinajstić information content (AvgIpc) is 3.15. The number of piperazine rings is 1. The third kappa shape index (κ3) is 3.37. The molecule has 1 aliphatic heterocycles. The summed E-state index contributed by atoms with van der Waals surface area (Å²) in [5.41, 5.74) is 0. The summed E-state index contributed by atoms with van der Waals surface area (Å²) < 4.78 is 2.05. The molecule has 2 unspecified atom stereocenters. The van der Waals surface area contributed by atoms with Crippen LogP contribution in [0.1, 0.15) is 32.6 Å². The summed E-state index contributed by atoms with van der Waals surface area (Å²) in [4.78, 5) is 2.70. The summed E-state index contributed by atoms with van der Waals surface area (Å²) in [6.45, 7) is 6.85. The van der Waals surface area contributed by atoms with Gasteiger partial charge in [0.2, 0.25) is 0 Å². The first kappa shape index (κ1) is 13.1. The van der Waals surface area contributed by atoms with Gasteiger partial charge in [-0.05, 0) is 31.2 Å². The topological polar surface area (TPSA) is 33.1 Å². The van der Waals surface area contributed by atoms with Gasteiger partial charge in [-0.3, -0.25) is 9.58 Å². The van der Waals surface area contributed by atoms with Crippen molar-refractivity contribution in [1.29, 1.82) is 0 Å². The highest BCUT2D eigenvalue weighted by Crippen LogP contribution is 2.34. The summed E-state index contributed by atoms with van der Waals surface area (Å²) in [6.07, 6.45) is 9.39. The minimum atomic E-state index is 0.718. The highest BCUT2D eigenvalue weighted by Gasteiger charge is 2.36. The molecule has 0 bridgehead atoms. The Kier molecular flexibility index (Phi) is 4.18. The van der Waals surface area contributed by atoms with Gasteiger partial charge in [0.05, 0.1) is 6.54 Å². The van der Waals surface area contributed by atoms with E-state index in [2.05, 4.69) is 33.1 Å². The van der Waals surface area contributed by atoms with Gasteiger partial charge in [0.15, 0.2) is 0 Å². The van der Waals surface area contributed by atoms with Crippen molar-refractivity contribution in [3.63, 3.8) is 0 Å². The van der Waals surface area contributed by atoms with Crippen LogP contribution in [0.4, 0.5) is 0 Å². The molecule has 0 spiro atoms. The Morgan fingerprint density at radius 1 is 1.32 bits per heavy atom. The van der Waals surface area contributed by atoms with Crippen molar-refractivity contribution >= 4 is 0 Å². The molecule has 4 heteroatoms. The molecule has 0 radical (unpaired) electrons. The monoisotopic (exact) mass is 262 g/mol. The Labute approximate surface area is 116 Å². The van der Waals surface area contributed by atoms with Crippen molar-refractivity contribution < 1.29 is 0 Å². The lowest BCUT2D eigenvalue weighted by Crippen LogP contribution is -2.57. The Morgan fingerprint density at radius 3 is 2.89 bits per heavy atom. The number of hydrogen-bond donors (Lipinski definition) is 1. The first-order valence-corrected chi connectivity index (χ1v) is 7.81. The fraction of sp³-hybridized carbons (Fsp3) is 0.800. The Bertz CT molecular complexity index is 372. The molecule has 2 fully saturated rings. The molecule has 0 aromatic carbocycles. The zero-order valence-corrected chi connectivity index (χ0v) is 12.0. The first-order chi connectivity index (χ1) is 9.36. The van der Waals surface area contributed by atoms with Crippen LogP contribution in [-0.4, -0.2) is 46.4 Å². The van der Waals surface area contributed by atoms with Gasteiger partial charge in [0.1, 0.15) is 0 Å². The average molecular weight is 262 g/mol. The lowest BCUT2D eigenvalue weighted by Gasteiger charge is -2.40. The third-order valence-electron chi connectivity index (χ3n) is 4.55. The summed E-state index contributed by atoms with van der Waals surface area (Å²) in [5.74, 6) is 0.953. The second-order valence-electron chi connectivity index (χ2n) is 6.06. The molecule has 1 aromatic heterocycles. The van der Waals surface area contributed by atoms with E-state index in [1.165, 1.54) is 38.8 Å². The molecule has 1 saturated carbocycles. The van der Waals surface area contributed by atoms with Crippen LogP contribution < -0.4 is 5.32 Å². The van der Waals surface area contributed by atoms with Crippen molar-refractivity contribution in [2.45, 2.75) is 51.2 Å². The summed E-state index contributed by atoms with van der Waals surface area (Å²) >= 11 is 0. The number of hydrogen-bond acceptors (Lipinski definition) is 3. The SMILES string of the molecule is CCCC1CNC(C2CC2)CN1CCn1cccn1. The number of aromatic nitrogens is 2. The predicted octanol–water partition coefficient (Wildman–Crippen LogP) is 1.74. The van der Waals surface area contributed by atoms with E-state index in [9.17, 15) is 0 Å². The molecule has 4 nitrogen and oxygen atoms in total. The van der Waals surface area contributed by atoms with Crippen LogP contribution in [0, 0.1) is 5.92 Å². The highest BCUT2D eigenvalue weighted by atomic mass is 15.3. The van der Waals surface area contributed by atoms with E-state index in [-0.39, 0.29) is 0 Å². The second-order valence-corrected chi connectivity index (χ2v) is 6.06. The fourth-order valence-corrected chi connectivity index (χ4v) is 3.25. The molecule has 19 heavy (non-hydrogen) atoms. The van der Waals surface area contributed by atoms with Crippen molar-refractivity contribution in [2.24, 2.45) is 5.92 Å². The molecule has 2 aliphatic rings. The smallest absolute Gasteiger partial charge is 0.0536 e. The maximum absolute atomic E-state index is 4.31. The molecule has 106 valence electrons. The molecule has 1 saturated heterocycles. The third-order valence-corrected chi connectivity index (χ3v) is 4.55. The molecule has 2 atom stereocenters. The predicted molar refractivity (Wildman–Crippen MR) is 77.0 cm³/mol. The zero-order valence-electron chi connectivity index (χ0n) is 12.0. The second kappa shape index (κ2) is 6.06. The van der Waals surface area contributed by atoms with Crippen molar-refractivity contribution in [3.8, 4) is 0 Å². The number of nitrogens with zero attached hydrogens (tertiary/aromatic N) is 3. The fourth-order valence-electron chi connectivity index (χ4n) is 3.25. The van der Waals surface area contributed by atoms with Crippen molar-refractivity contribution in [1.82, 2.24) is 20.0 Å². The van der Waals surface area contributed by atoms with Crippen LogP contribution in [0.15, 0.2) is 18.5 Å². The summed E-state index contributed by atoms with van der Waals surface area (Å²) in [5, 5.41) is 8.09. The van der Waals surface area contributed by atoms with E-state index >= 15 is 0 Å². The van der Waals surface area contributed by atoms with E-state index < -0.39 is 0 Å². The Morgan fingerprint density at radius 2 is 2.21 bits per heavy atom. The molecule has 2 heterocycles. The standard InChI is InChI=1S/C15H26N4/c1-2-4-14-11-16-15(13-5-6-13)12-18(14)9-10-19-8-3-7-17-19/h3,7-8,13-16H,2,4-6,9-12H2,1H3. The van der Waals surface area contributed by atoms with Crippen LogP contribution >= 0.6 is 0 Å². The minimum absolute atomic E-state index is 0.718. The molecule has 1 N–H and O–H groups in total. The van der Waals surface area contributed by atoms with Gasteiger partial charge in [-0.15, -0.1) is 0 Å². The maximum atomic E-state index is 4.31. The lowest BCUT2D eigenvalue weighted by molar-refractivity contribution is 0.110. The van der Waals surface area contributed by atoms with Gasteiger partial charge in [-0.2, -0.15) is 5.10 Å². The van der Waals surface area contributed by atoms with Gasteiger partial charge < -0.3 is 5.32 Å². The van der Waals surface area contributed by atoms with E-state index in [0.29, 0.717) is 0 Å². The molecular formula is C15H26N4.